The van der Waals surface area contributed by atoms with Gasteiger partial charge in [0.2, 0.25) is 0 Å². The van der Waals surface area contributed by atoms with Crippen LogP contribution in [0.1, 0.15) is 69.7 Å². The molecule has 2 aromatic carbocycles. The number of halogens is 2. The van der Waals surface area contributed by atoms with E-state index in [1.807, 2.05) is 46.8 Å². The molecule has 0 radical (unpaired) electrons. The van der Waals surface area contributed by atoms with Crippen molar-refractivity contribution in [3.05, 3.63) is 58.7 Å². The predicted octanol–water partition coefficient (Wildman–Crippen LogP) is 7.06. The Morgan fingerprint density at radius 2 is 1.27 bits per heavy atom. The second-order valence-electron chi connectivity index (χ2n) is 8.83. The normalized spacial score (nSPS) is 21.2. The maximum atomic E-state index is 12.7. The lowest BCUT2D eigenvalue weighted by Crippen LogP contribution is -2.45. The molecule has 0 aromatic heterocycles. The Balaban J connectivity index is 0.000000204. The van der Waals surface area contributed by atoms with Crippen molar-refractivity contribution in [2.75, 3.05) is 13.1 Å². The van der Waals surface area contributed by atoms with Gasteiger partial charge in [0.1, 0.15) is 17.1 Å². The lowest BCUT2D eigenvalue weighted by atomic mass is 9.88. The van der Waals surface area contributed by atoms with Gasteiger partial charge in [-0.1, -0.05) is 63.1 Å². The van der Waals surface area contributed by atoms with Gasteiger partial charge in [-0.15, -0.1) is 0 Å². The van der Waals surface area contributed by atoms with Gasteiger partial charge in [-0.25, -0.2) is 8.78 Å². The highest BCUT2D eigenvalue weighted by atomic mass is 19.3. The van der Waals surface area contributed by atoms with Crippen LogP contribution in [0.3, 0.4) is 0 Å². The number of ether oxygens (including phenoxy) is 2. The summed E-state index contributed by atoms with van der Waals surface area (Å²) >= 11 is 0. The molecule has 33 heavy (non-hydrogen) atoms. The third-order valence-electron chi connectivity index (χ3n) is 6.13. The van der Waals surface area contributed by atoms with Crippen molar-refractivity contribution >= 4 is 0 Å². The molecule has 3 aliphatic heterocycles. The number of piperidine rings is 1. The van der Waals surface area contributed by atoms with Gasteiger partial charge in [-0.05, 0) is 70.0 Å². The van der Waals surface area contributed by atoms with Gasteiger partial charge in [0.15, 0.2) is 5.60 Å². The van der Waals surface area contributed by atoms with Gasteiger partial charge in [0.05, 0.1) is 0 Å². The SMILES string of the molecule is CC.CC.Cc1ccc2c(c1)CC(C)(C(F)F)O2.Cc1ccc2c(c1)CC1(CCNCC1)O2. The summed E-state index contributed by atoms with van der Waals surface area (Å²) in [7, 11) is 0. The van der Waals surface area contributed by atoms with Gasteiger partial charge in [-0.2, -0.15) is 0 Å². The van der Waals surface area contributed by atoms with E-state index in [0.717, 1.165) is 49.2 Å². The van der Waals surface area contributed by atoms with E-state index < -0.39 is 12.0 Å². The number of benzene rings is 2. The van der Waals surface area contributed by atoms with E-state index in [1.54, 1.807) is 6.07 Å². The van der Waals surface area contributed by atoms with Crippen LogP contribution >= 0.6 is 0 Å². The summed E-state index contributed by atoms with van der Waals surface area (Å²) in [5, 5.41) is 3.39. The number of nitrogens with one attached hydrogen (secondary N) is 1. The molecule has 1 spiro atoms. The van der Waals surface area contributed by atoms with E-state index in [1.165, 1.54) is 18.1 Å². The first-order chi connectivity index (χ1) is 15.8. The number of hydrogen-bond donors (Lipinski definition) is 1. The average molecular weight is 462 g/mol. The highest BCUT2D eigenvalue weighted by Crippen LogP contribution is 2.40. The summed E-state index contributed by atoms with van der Waals surface area (Å²) in [4.78, 5) is 0. The summed E-state index contributed by atoms with van der Waals surface area (Å²) in [5.41, 5.74) is 3.47. The van der Waals surface area contributed by atoms with Gasteiger partial charge in [-0.3, -0.25) is 0 Å². The molecular formula is C28H41F2NO2. The maximum absolute atomic E-state index is 12.7. The van der Waals surface area contributed by atoms with E-state index >= 15 is 0 Å². The third-order valence-corrected chi connectivity index (χ3v) is 6.13. The summed E-state index contributed by atoms with van der Waals surface area (Å²) in [6, 6.07) is 12.1. The van der Waals surface area contributed by atoms with Crippen LogP contribution in [0.2, 0.25) is 0 Å². The topological polar surface area (TPSA) is 30.5 Å². The van der Waals surface area contributed by atoms with Crippen molar-refractivity contribution in [3.8, 4) is 11.5 Å². The minimum atomic E-state index is -2.45. The van der Waals surface area contributed by atoms with Crippen LogP contribution in [0.4, 0.5) is 8.78 Å². The fraction of sp³-hybridized carbons (Fsp3) is 0.571. The zero-order chi connectivity index (χ0) is 24.6. The maximum Gasteiger partial charge on any atom is 0.277 e. The molecule has 0 bridgehead atoms. The predicted molar refractivity (Wildman–Crippen MR) is 133 cm³/mol. The van der Waals surface area contributed by atoms with Crippen LogP contribution < -0.4 is 14.8 Å². The quantitative estimate of drug-likeness (QED) is 0.493. The minimum Gasteiger partial charge on any atom is -0.487 e. The van der Waals surface area contributed by atoms with Gasteiger partial charge in [0, 0.05) is 12.8 Å². The largest absolute Gasteiger partial charge is 0.487 e. The Bertz CT molecular complexity index is 893. The zero-order valence-electron chi connectivity index (χ0n) is 21.4. The Labute approximate surface area is 198 Å². The molecule has 0 aliphatic carbocycles. The van der Waals surface area contributed by atoms with E-state index in [0.29, 0.717) is 12.2 Å². The standard InChI is InChI=1S/C13H17NO.C11H12F2O.2C2H6/c1-10-2-3-12-11(8-10)9-13(15-12)4-6-14-7-5-13;1-7-3-4-9-8(5-7)6-11(2,14-9)10(12)13;2*1-2/h2-3,8,14H,4-7,9H2,1H3;3-5,10H,6H2,1-2H3;2*1-2H3. The van der Waals surface area contributed by atoms with Crippen molar-refractivity contribution in [2.24, 2.45) is 0 Å². The van der Waals surface area contributed by atoms with Crippen molar-refractivity contribution in [3.63, 3.8) is 0 Å². The highest BCUT2D eigenvalue weighted by molar-refractivity contribution is 5.42. The van der Waals surface area contributed by atoms with Crippen molar-refractivity contribution < 1.29 is 18.3 Å². The van der Waals surface area contributed by atoms with E-state index in [2.05, 4.69) is 30.4 Å². The molecule has 1 fully saturated rings. The first-order valence-electron chi connectivity index (χ1n) is 12.3. The Morgan fingerprint density at radius 1 is 0.788 bits per heavy atom. The lowest BCUT2D eigenvalue weighted by molar-refractivity contribution is -0.0498. The molecule has 5 heteroatoms. The smallest absolute Gasteiger partial charge is 0.277 e. The van der Waals surface area contributed by atoms with Gasteiger partial charge < -0.3 is 14.8 Å². The van der Waals surface area contributed by atoms with Crippen LogP contribution in [0, 0.1) is 13.8 Å². The van der Waals surface area contributed by atoms with Crippen LogP contribution in [-0.2, 0) is 12.8 Å². The Kier molecular flexibility index (Phi) is 9.71. The second kappa shape index (κ2) is 11.8. The summed E-state index contributed by atoms with van der Waals surface area (Å²) in [5.74, 6) is 1.71. The van der Waals surface area contributed by atoms with Crippen LogP contribution in [0.5, 0.6) is 11.5 Å². The Morgan fingerprint density at radius 3 is 1.79 bits per heavy atom. The van der Waals surface area contributed by atoms with Crippen molar-refractivity contribution in [2.45, 2.75) is 91.8 Å². The molecule has 1 saturated heterocycles. The molecule has 3 nitrogen and oxygen atoms in total. The number of alkyl halides is 2. The van der Waals surface area contributed by atoms with Crippen LogP contribution in [0.15, 0.2) is 36.4 Å². The van der Waals surface area contributed by atoms with E-state index in [4.69, 9.17) is 9.47 Å². The molecule has 1 N–H and O–H groups in total. The van der Waals surface area contributed by atoms with E-state index in [9.17, 15) is 8.78 Å². The number of hydrogen-bond acceptors (Lipinski definition) is 3. The molecule has 2 aromatic rings. The van der Waals surface area contributed by atoms with Gasteiger partial charge >= 0.3 is 0 Å². The average Bonchev–Trinajstić information content (AvgIpc) is 3.34. The molecule has 5 rings (SSSR count). The molecule has 3 aliphatic rings. The first kappa shape index (κ1) is 27.1. The fourth-order valence-corrected chi connectivity index (χ4v) is 4.46. The van der Waals surface area contributed by atoms with Crippen molar-refractivity contribution in [1.82, 2.24) is 5.32 Å². The third kappa shape index (κ3) is 6.47. The molecular weight excluding hydrogens is 420 g/mol. The molecule has 3 heterocycles. The van der Waals surface area contributed by atoms with E-state index in [-0.39, 0.29) is 5.60 Å². The summed E-state index contributed by atoms with van der Waals surface area (Å²) in [6.07, 6.45) is 1.23. The molecule has 1 unspecified atom stereocenters. The number of aryl methyl sites for hydroxylation is 2. The van der Waals surface area contributed by atoms with Crippen LogP contribution in [0.25, 0.3) is 0 Å². The van der Waals surface area contributed by atoms with Crippen molar-refractivity contribution in [1.29, 1.82) is 0 Å². The first-order valence-corrected chi connectivity index (χ1v) is 12.3. The van der Waals surface area contributed by atoms with Gasteiger partial charge in [0.25, 0.3) is 6.43 Å². The molecule has 184 valence electrons. The second-order valence-corrected chi connectivity index (χ2v) is 8.83. The summed E-state index contributed by atoms with van der Waals surface area (Å²) < 4.78 is 36.7. The molecule has 0 amide bonds. The van der Waals surface area contributed by atoms with Crippen LogP contribution in [-0.4, -0.2) is 30.7 Å². The molecule has 0 saturated carbocycles. The molecule has 1 atom stereocenters. The minimum absolute atomic E-state index is 0.112. The zero-order valence-corrected chi connectivity index (χ0v) is 21.4. The summed E-state index contributed by atoms with van der Waals surface area (Å²) in [6.45, 7) is 15.7. The fourth-order valence-electron chi connectivity index (χ4n) is 4.46. The Hall–Kier alpha value is -2.14. The number of rotatable bonds is 1. The lowest BCUT2D eigenvalue weighted by Gasteiger charge is -2.33. The highest BCUT2D eigenvalue weighted by Gasteiger charge is 2.43. The monoisotopic (exact) mass is 461 g/mol. The number of fused-ring (bicyclic) bond motifs is 2.